The SMILES string of the molecule is COC1CCC(C#CC2CCC3NC(=O)[C@@]4(C3C2)[C@H](C(=O)NC[C@H](O)C2CCCCC2)[C@H]2C(=O)O[C@H](C3CCCCC3)[C@H](C3CCCCC3)N2[C@@H]4C2CCC(O)CC2)CC1. The number of amides is 2. The highest BCUT2D eigenvalue weighted by Crippen LogP contribution is 2.64. The third-order valence-electron chi connectivity index (χ3n) is 18.2. The number of carbonyl (C=O) groups is 3. The quantitative estimate of drug-likeness (QED) is 0.155. The fourth-order valence-corrected chi connectivity index (χ4v) is 15.2. The molecule has 1 spiro atoms. The number of morpholine rings is 1. The third kappa shape index (κ3) is 8.22. The molecule has 0 aromatic rings. The van der Waals surface area contributed by atoms with Crippen molar-refractivity contribution in [2.45, 2.75) is 216 Å². The maximum absolute atomic E-state index is 15.7. The average Bonchev–Trinajstić information content (AvgIpc) is 3.77. The monoisotopic (exact) mass is 832 g/mol. The fourth-order valence-electron chi connectivity index (χ4n) is 15.2. The number of aliphatic hydroxyl groups is 2. The minimum absolute atomic E-state index is 0.0521. The van der Waals surface area contributed by atoms with E-state index in [0.29, 0.717) is 30.8 Å². The fraction of sp³-hybridized carbons (Fsp3) is 0.900. The van der Waals surface area contributed by atoms with Gasteiger partial charge in [0.05, 0.1) is 35.7 Å². The molecular formula is C50H77N3O7. The number of nitrogens with one attached hydrogen (secondary N) is 2. The van der Waals surface area contributed by atoms with Crippen LogP contribution in [0.25, 0.3) is 0 Å². The van der Waals surface area contributed by atoms with Gasteiger partial charge < -0.3 is 30.3 Å². The smallest absolute Gasteiger partial charge is 0.324 e. The van der Waals surface area contributed by atoms with Gasteiger partial charge in [-0.1, -0.05) is 69.6 Å². The van der Waals surface area contributed by atoms with Gasteiger partial charge in [-0.3, -0.25) is 19.3 Å². The van der Waals surface area contributed by atoms with Crippen LogP contribution in [-0.2, 0) is 23.9 Å². The molecule has 3 heterocycles. The van der Waals surface area contributed by atoms with Crippen molar-refractivity contribution in [1.29, 1.82) is 0 Å². The molecule has 10 heteroatoms. The lowest BCUT2D eigenvalue weighted by molar-refractivity contribution is -0.190. The van der Waals surface area contributed by atoms with E-state index in [-0.39, 0.29) is 84.3 Å². The Kier molecular flexibility index (Phi) is 13.6. The van der Waals surface area contributed by atoms with E-state index < -0.39 is 23.5 Å². The standard InChI is InChI=1S/C50H77N3O7/c1-59-38-26-19-31(20-27-38)17-18-32-21-28-40-39(29-32)50(49(58)52-40)42(47(56)51-30-41(55)33-11-5-2-6-12-33)44-48(57)60-45(35-15-9-4-10-16-35)43(34-13-7-3-8-14-34)53(44)46(50)36-22-24-37(54)25-23-36/h31-46,54-55H,2-16,19-30H2,1H3,(H,51,56)(H,52,58)/t31?,32?,36?,37?,38?,39?,40?,41-,42-,43-,44-,45+,46+,50-/m0/s1. The van der Waals surface area contributed by atoms with Crippen LogP contribution in [0, 0.1) is 64.6 Å². The Labute approximate surface area is 360 Å². The Morgan fingerprint density at radius 3 is 2.08 bits per heavy atom. The largest absolute Gasteiger partial charge is 0.459 e. The van der Waals surface area contributed by atoms with Crippen LogP contribution in [0.15, 0.2) is 0 Å². The molecule has 6 saturated carbocycles. The van der Waals surface area contributed by atoms with Gasteiger partial charge in [-0.2, -0.15) is 0 Å². The van der Waals surface area contributed by atoms with Crippen LogP contribution < -0.4 is 10.6 Å². The van der Waals surface area contributed by atoms with E-state index in [1.807, 2.05) is 0 Å². The van der Waals surface area contributed by atoms with Gasteiger partial charge >= 0.3 is 5.97 Å². The van der Waals surface area contributed by atoms with E-state index in [0.717, 1.165) is 135 Å². The third-order valence-corrected chi connectivity index (χ3v) is 18.2. The molecule has 9 aliphatic rings. The van der Waals surface area contributed by atoms with E-state index in [1.165, 1.54) is 19.3 Å². The number of rotatable bonds is 8. The van der Waals surface area contributed by atoms with Gasteiger partial charge in [-0.05, 0) is 139 Å². The van der Waals surface area contributed by atoms with Crippen LogP contribution >= 0.6 is 0 Å². The van der Waals surface area contributed by atoms with Crippen molar-refractivity contribution in [2.24, 2.45) is 52.8 Å². The lowest BCUT2D eigenvalue weighted by Gasteiger charge is -2.54. The van der Waals surface area contributed by atoms with Crippen LogP contribution in [0.3, 0.4) is 0 Å². The number of hydrogen-bond donors (Lipinski definition) is 4. The van der Waals surface area contributed by atoms with Crippen LogP contribution in [-0.4, -0.2) is 95.1 Å². The van der Waals surface area contributed by atoms with E-state index in [9.17, 15) is 10.2 Å². The minimum atomic E-state index is -1.16. The summed E-state index contributed by atoms with van der Waals surface area (Å²) in [7, 11) is 1.81. The molecule has 0 aromatic heterocycles. The summed E-state index contributed by atoms with van der Waals surface area (Å²) in [6.45, 7) is 0.129. The number of ether oxygens (including phenoxy) is 2. The summed E-state index contributed by atoms with van der Waals surface area (Å²) in [5.74, 6) is 6.95. The first-order valence-electron chi connectivity index (χ1n) is 25.2. The predicted molar refractivity (Wildman–Crippen MR) is 229 cm³/mol. The molecule has 10 nitrogen and oxygen atoms in total. The second-order valence-corrected chi connectivity index (χ2v) is 21.4. The van der Waals surface area contributed by atoms with Crippen LogP contribution in [0.2, 0.25) is 0 Å². The van der Waals surface area contributed by atoms with Gasteiger partial charge in [-0.15, -0.1) is 0 Å². The molecule has 3 aliphatic heterocycles. The molecule has 4 N–H and O–H groups in total. The molecule has 10 atom stereocenters. The van der Waals surface area contributed by atoms with Crippen molar-refractivity contribution in [3.63, 3.8) is 0 Å². The van der Waals surface area contributed by atoms with Crippen molar-refractivity contribution in [3.8, 4) is 11.8 Å². The number of carbonyl (C=O) groups excluding carboxylic acids is 3. The topological polar surface area (TPSA) is 137 Å². The average molecular weight is 832 g/mol. The second-order valence-electron chi connectivity index (χ2n) is 21.4. The van der Waals surface area contributed by atoms with E-state index in [2.05, 4.69) is 27.4 Å². The zero-order valence-corrected chi connectivity index (χ0v) is 36.7. The highest BCUT2D eigenvalue weighted by atomic mass is 16.6. The van der Waals surface area contributed by atoms with Crippen molar-refractivity contribution < 1.29 is 34.1 Å². The zero-order valence-electron chi connectivity index (χ0n) is 36.7. The molecular weight excluding hydrogens is 755 g/mol. The number of methoxy groups -OCH3 is 1. The summed E-state index contributed by atoms with van der Waals surface area (Å²) in [6.07, 6.45) is 25.0. The van der Waals surface area contributed by atoms with Gasteiger partial charge in [-0.25, -0.2) is 0 Å². The number of fused-ring (bicyclic) bond motifs is 3. The molecule has 60 heavy (non-hydrogen) atoms. The maximum Gasteiger partial charge on any atom is 0.324 e. The van der Waals surface area contributed by atoms with Gasteiger partial charge in [0, 0.05) is 37.6 Å². The Morgan fingerprint density at radius 2 is 1.42 bits per heavy atom. The Balaban J connectivity index is 1.14. The molecule has 2 amide bonds. The van der Waals surface area contributed by atoms with Crippen LogP contribution in [0.4, 0.5) is 0 Å². The molecule has 0 bridgehead atoms. The van der Waals surface area contributed by atoms with E-state index in [1.54, 1.807) is 7.11 Å². The van der Waals surface area contributed by atoms with Crippen LogP contribution in [0.5, 0.6) is 0 Å². The molecule has 3 unspecified atom stereocenters. The summed E-state index contributed by atoms with van der Waals surface area (Å²) in [5.41, 5.74) is -1.16. The maximum atomic E-state index is 15.7. The Hall–Kier alpha value is -2.19. The molecule has 0 radical (unpaired) electrons. The summed E-state index contributed by atoms with van der Waals surface area (Å²) >= 11 is 0. The number of nitrogens with zero attached hydrogens (tertiary/aromatic N) is 1. The van der Waals surface area contributed by atoms with Crippen molar-refractivity contribution in [1.82, 2.24) is 15.5 Å². The van der Waals surface area contributed by atoms with Gasteiger partial charge in [0.25, 0.3) is 0 Å². The first kappa shape index (κ1) is 43.1. The Bertz CT molecular complexity index is 1560. The lowest BCUT2D eigenvalue weighted by Crippen LogP contribution is -2.66. The summed E-state index contributed by atoms with van der Waals surface area (Å²) in [6, 6.07) is -1.34. The summed E-state index contributed by atoms with van der Waals surface area (Å²) < 4.78 is 12.5. The molecule has 0 aromatic carbocycles. The molecule has 334 valence electrons. The van der Waals surface area contributed by atoms with Gasteiger partial charge in [0.15, 0.2) is 0 Å². The first-order valence-corrected chi connectivity index (χ1v) is 25.2. The second kappa shape index (κ2) is 18.9. The number of esters is 1. The van der Waals surface area contributed by atoms with Crippen molar-refractivity contribution >= 4 is 17.8 Å². The summed E-state index contributed by atoms with van der Waals surface area (Å²) in [4.78, 5) is 48.9. The highest BCUT2D eigenvalue weighted by Gasteiger charge is 2.77. The summed E-state index contributed by atoms with van der Waals surface area (Å²) in [5, 5.41) is 29.2. The van der Waals surface area contributed by atoms with Crippen LogP contribution in [0.1, 0.15) is 167 Å². The molecule has 9 fully saturated rings. The molecule has 6 aliphatic carbocycles. The lowest BCUT2D eigenvalue weighted by atomic mass is 9.55. The first-order chi connectivity index (χ1) is 29.3. The minimum Gasteiger partial charge on any atom is -0.459 e. The molecule has 9 rings (SSSR count). The Morgan fingerprint density at radius 1 is 0.800 bits per heavy atom. The molecule has 3 saturated heterocycles. The normalized spacial score (nSPS) is 42.6. The number of hydrogen-bond acceptors (Lipinski definition) is 8. The van der Waals surface area contributed by atoms with E-state index >= 15 is 14.4 Å². The predicted octanol–water partition coefficient (Wildman–Crippen LogP) is 6.83. The van der Waals surface area contributed by atoms with Crippen molar-refractivity contribution in [2.75, 3.05) is 13.7 Å². The van der Waals surface area contributed by atoms with E-state index in [4.69, 9.17) is 9.47 Å². The number of aliphatic hydroxyl groups excluding tert-OH is 2. The van der Waals surface area contributed by atoms with Gasteiger partial charge in [0.2, 0.25) is 11.8 Å². The zero-order chi connectivity index (χ0) is 41.4. The number of cyclic esters (lactones) is 1. The van der Waals surface area contributed by atoms with Gasteiger partial charge in [0.1, 0.15) is 12.1 Å². The highest BCUT2D eigenvalue weighted by molar-refractivity contribution is 5.99. The van der Waals surface area contributed by atoms with Crippen molar-refractivity contribution in [3.05, 3.63) is 0 Å².